The maximum Gasteiger partial charge on any atom is 0.331 e. The van der Waals surface area contributed by atoms with E-state index in [1.807, 2.05) is 16.7 Å². The summed E-state index contributed by atoms with van der Waals surface area (Å²) >= 11 is 0. The van der Waals surface area contributed by atoms with Crippen LogP contribution in [-0.4, -0.2) is 51.5 Å². The number of likely N-dealkylation sites (N-methyl/N-ethyl adjacent to an activating group) is 1. The van der Waals surface area contributed by atoms with Crippen LogP contribution in [-0.2, 0) is 4.79 Å². The lowest BCUT2D eigenvalue weighted by molar-refractivity contribution is -0.123. The van der Waals surface area contributed by atoms with E-state index in [9.17, 15) is 14.7 Å². The normalized spacial score (nSPS) is 19.6. The lowest BCUT2D eigenvalue weighted by Crippen LogP contribution is -2.30. The lowest BCUT2D eigenvalue weighted by Gasteiger charge is -2.17. The zero-order valence-electron chi connectivity index (χ0n) is 13.3. The van der Waals surface area contributed by atoms with Gasteiger partial charge in [-0.15, -0.1) is 0 Å². The van der Waals surface area contributed by atoms with Gasteiger partial charge in [-0.25, -0.2) is 9.78 Å². The fourth-order valence-electron chi connectivity index (χ4n) is 3.02. The van der Waals surface area contributed by atoms with Crippen LogP contribution in [0.2, 0.25) is 0 Å². The van der Waals surface area contributed by atoms with Crippen LogP contribution in [0.25, 0.3) is 5.65 Å². The highest BCUT2D eigenvalue weighted by Gasteiger charge is 2.36. The van der Waals surface area contributed by atoms with Gasteiger partial charge in [0, 0.05) is 19.4 Å². The minimum Gasteiger partial charge on any atom is -0.394 e. The van der Waals surface area contributed by atoms with Crippen molar-refractivity contribution in [1.29, 1.82) is 0 Å². The first kappa shape index (κ1) is 15.1. The molecule has 3 amide bonds. The number of hydrogen-bond acceptors (Lipinski definition) is 5. The zero-order chi connectivity index (χ0) is 17.0. The average molecular weight is 329 g/mol. The second-order valence-corrected chi connectivity index (χ2v) is 6.44. The van der Waals surface area contributed by atoms with Gasteiger partial charge in [0.1, 0.15) is 6.54 Å². The zero-order valence-corrected chi connectivity index (χ0v) is 13.3. The number of hydrogen-bond donors (Lipinski definition) is 2. The molecule has 2 aliphatic rings. The molecule has 4 rings (SSSR count). The Morgan fingerprint density at radius 3 is 2.71 bits per heavy atom. The van der Waals surface area contributed by atoms with Gasteiger partial charge in [-0.3, -0.25) is 14.6 Å². The van der Waals surface area contributed by atoms with Crippen molar-refractivity contribution in [2.75, 3.05) is 25.1 Å². The van der Waals surface area contributed by atoms with Gasteiger partial charge in [-0.1, -0.05) is 0 Å². The number of urea groups is 1. The van der Waals surface area contributed by atoms with E-state index in [0.29, 0.717) is 22.9 Å². The van der Waals surface area contributed by atoms with Crippen LogP contribution in [0, 0.1) is 0 Å². The number of aliphatic hydroxyl groups excluding tert-OH is 1. The first-order valence-electron chi connectivity index (χ1n) is 7.96. The van der Waals surface area contributed by atoms with Crippen LogP contribution < -0.4 is 10.6 Å². The number of imidazole rings is 1. The summed E-state index contributed by atoms with van der Waals surface area (Å²) in [5.41, 5.74) is 8.72. The van der Waals surface area contributed by atoms with Crippen LogP contribution in [0.15, 0.2) is 18.5 Å². The number of carbonyl (C=O) groups excluding carboxylic acids is 2. The molecule has 1 aliphatic carbocycles. The maximum absolute atomic E-state index is 12.4. The van der Waals surface area contributed by atoms with Crippen molar-refractivity contribution in [3.8, 4) is 0 Å². The molecule has 2 fully saturated rings. The summed E-state index contributed by atoms with van der Waals surface area (Å²) in [5, 5.41) is 9.27. The number of nitrogens with zero attached hydrogens (tertiary/aromatic N) is 4. The Morgan fingerprint density at radius 1 is 1.38 bits per heavy atom. The van der Waals surface area contributed by atoms with Crippen molar-refractivity contribution in [2.45, 2.75) is 24.8 Å². The van der Waals surface area contributed by atoms with Gasteiger partial charge in [-0.2, -0.15) is 0 Å². The third-order valence-corrected chi connectivity index (χ3v) is 4.67. The van der Waals surface area contributed by atoms with Crippen molar-refractivity contribution in [3.05, 3.63) is 29.7 Å². The summed E-state index contributed by atoms with van der Waals surface area (Å²) in [6.45, 7) is -0.202. The second kappa shape index (κ2) is 5.29. The highest BCUT2D eigenvalue weighted by molar-refractivity contribution is 6.13. The van der Waals surface area contributed by atoms with Gasteiger partial charge in [-0.05, 0) is 30.4 Å². The van der Waals surface area contributed by atoms with Crippen LogP contribution >= 0.6 is 0 Å². The third-order valence-electron chi connectivity index (χ3n) is 4.67. The molecule has 24 heavy (non-hydrogen) atoms. The fourth-order valence-corrected chi connectivity index (χ4v) is 3.02. The Labute approximate surface area is 138 Å². The third kappa shape index (κ3) is 2.26. The summed E-state index contributed by atoms with van der Waals surface area (Å²) in [6.07, 6.45) is 6.01. The molecule has 0 spiro atoms. The lowest BCUT2D eigenvalue weighted by atomic mass is 10.1. The molecule has 0 radical (unpaired) electrons. The second-order valence-electron chi connectivity index (χ2n) is 6.44. The van der Waals surface area contributed by atoms with Crippen molar-refractivity contribution in [3.63, 3.8) is 0 Å². The monoisotopic (exact) mass is 329 g/mol. The van der Waals surface area contributed by atoms with E-state index in [-0.39, 0.29) is 25.1 Å². The number of aromatic nitrogens is 2. The van der Waals surface area contributed by atoms with Gasteiger partial charge in [0.25, 0.3) is 0 Å². The van der Waals surface area contributed by atoms with Crippen molar-refractivity contribution >= 4 is 23.3 Å². The van der Waals surface area contributed by atoms with E-state index in [0.717, 1.165) is 23.3 Å². The smallest absolute Gasteiger partial charge is 0.331 e. The number of fused-ring (bicyclic) bond motifs is 1. The van der Waals surface area contributed by atoms with Gasteiger partial charge in [0.05, 0.1) is 24.0 Å². The first-order valence-corrected chi connectivity index (χ1v) is 7.96. The predicted octanol–water partition coefficient (Wildman–Crippen LogP) is 0.602. The molecule has 1 aliphatic heterocycles. The van der Waals surface area contributed by atoms with E-state index in [2.05, 4.69) is 4.98 Å². The topological polar surface area (TPSA) is 104 Å². The quantitative estimate of drug-likeness (QED) is 0.800. The largest absolute Gasteiger partial charge is 0.394 e. The molecule has 3 N–H and O–H groups in total. The number of amides is 3. The molecule has 8 heteroatoms. The molecule has 126 valence electrons. The molecule has 1 atom stereocenters. The molecular formula is C16H19N5O3. The van der Waals surface area contributed by atoms with Crippen LogP contribution in [0.5, 0.6) is 0 Å². The van der Waals surface area contributed by atoms with Crippen LogP contribution in [0.3, 0.4) is 0 Å². The van der Waals surface area contributed by atoms with Crippen molar-refractivity contribution in [2.24, 2.45) is 5.73 Å². The molecule has 1 unspecified atom stereocenters. The SMILES string of the molecule is CN1C(=O)CN(c2cc(C3CC3)cn3cc(C(N)CO)nc23)C1=O. The van der Waals surface area contributed by atoms with Crippen LogP contribution in [0.4, 0.5) is 10.5 Å². The number of aliphatic hydroxyl groups is 1. The standard InChI is InChI=1S/C16H19N5O3/c1-19-14(23)7-21(16(19)24)13-4-10(9-2-3-9)5-20-6-12(11(17)8-22)18-15(13)20/h4-6,9,11,22H,2-3,7-8,17H2,1H3. The Balaban J connectivity index is 1.87. The van der Waals surface area contributed by atoms with E-state index in [4.69, 9.17) is 5.73 Å². The molecular weight excluding hydrogens is 310 g/mol. The van der Waals surface area contributed by atoms with E-state index in [1.54, 1.807) is 6.20 Å². The first-order chi connectivity index (χ1) is 11.5. The fraction of sp³-hybridized carbons (Fsp3) is 0.438. The van der Waals surface area contributed by atoms with Crippen LogP contribution in [0.1, 0.15) is 36.1 Å². The van der Waals surface area contributed by atoms with E-state index < -0.39 is 6.04 Å². The van der Waals surface area contributed by atoms with Gasteiger partial charge in [0.15, 0.2) is 5.65 Å². The Morgan fingerprint density at radius 2 is 2.12 bits per heavy atom. The molecule has 3 heterocycles. The number of imide groups is 1. The minimum absolute atomic E-state index is 0.00730. The number of pyridine rings is 1. The summed E-state index contributed by atoms with van der Waals surface area (Å²) in [7, 11) is 1.48. The molecule has 0 aromatic carbocycles. The van der Waals surface area contributed by atoms with E-state index in [1.165, 1.54) is 11.9 Å². The number of anilines is 1. The van der Waals surface area contributed by atoms with Gasteiger partial charge in [0.2, 0.25) is 5.91 Å². The molecule has 1 saturated heterocycles. The van der Waals surface area contributed by atoms with Gasteiger partial charge < -0.3 is 15.2 Å². The summed E-state index contributed by atoms with van der Waals surface area (Å²) in [6, 6.07) is 1.00. The Kier molecular flexibility index (Phi) is 3.33. The summed E-state index contributed by atoms with van der Waals surface area (Å²) < 4.78 is 1.84. The minimum atomic E-state index is -0.583. The Hall–Kier alpha value is -2.45. The molecule has 8 nitrogen and oxygen atoms in total. The highest BCUT2D eigenvalue weighted by Crippen LogP contribution is 2.42. The molecule has 1 saturated carbocycles. The van der Waals surface area contributed by atoms with Crippen molar-refractivity contribution in [1.82, 2.24) is 14.3 Å². The highest BCUT2D eigenvalue weighted by atomic mass is 16.3. The number of nitrogens with two attached hydrogens (primary N) is 1. The predicted molar refractivity (Wildman–Crippen MR) is 86.7 cm³/mol. The summed E-state index contributed by atoms with van der Waals surface area (Å²) in [5.74, 6) is 0.241. The van der Waals surface area contributed by atoms with E-state index >= 15 is 0 Å². The molecule has 0 bridgehead atoms. The number of carbonyl (C=O) groups is 2. The Bertz CT molecular complexity index is 842. The average Bonchev–Trinajstić information content (AvgIpc) is 3.29. The molecule has 2 aromatic heterocycles. The van der Waals surface area contributed by atoms with Gasteiger partial charge >= 0.3 is 6.03 Å². The molecule has 2 aromatic rings. The van der Waals surface area contributed by atoms with Crippen molar-refractivity contribution < 1.29 is 14.7 Å². The maximum atomic E-state index is 12.4. The number of rotatable bonds is 4. The summed E-state index contributed by atoms with van der Waals surface area (Å²) in [4.78, 5) is 31.3.